The second kappa shape index (κ2) is 6.09. The van der Waals surface area contributed by atoms with Crippen molar-refractivity contribution >= 4 is 5.69 Å². The molecule has 0 amide bonds. The fraction of sp³-hybridized carbons (Fsp3) is 0.0625. The normalized spacial score (nSPS) is 10.2. The number of rotatable bonds is 4. The summed E-state index contributed by atoms with van der Waals surface area (Å²) < 4.78 is 10.9. The van der Waals surface area contributed by atoms with Crippen molar-refractivity contribution in [3.8, 4) is 28.8 Å². The van der Waals surface area contributed by atoms with E-state index in [2.05, 4.69) is 15.0 Å². The number of benzene rings is 1. The Hall–Kier alpha value is -3.15. The standard InChI is InChI=1S/C16H14N4O2/c1-21-14-5-4-12(17)9-15(14)22-16-19-8-6-13(20-16)11-3-2-7-18-10-11/h2-10H,17H2,1H3. The summed E-state index contributed by atoms with van der Waals surface area (Å²) in [5, 5.41) is 0. The van der Waals surface area contributed by atoms with Crippen LogP contribution in [0.2, 0.25) is 0 Å². The number of nitrogen functional groups attached to an aromatic ring is 1. The lowest BCUT2D eigenvalue weighted by molar-refractivity contribution is 0.368. The topological polar surface area (TPSA) is 83.2 Å². The van der Waals surface area contributed by atoms with Crippen LogP contribution in [0.1, 0.15) is 0 Å². The predicted octanol–water partition coefficient (Wildman–Crippen LogP) is 2.92. The molecular formula is C16H14N4O2. The van der Waals surface area contributed by atoms with E-state index in [0.717, 1.165) is 11.3 Å². The molecule has 2 N–H and O–H groups in total. The van der Waals surface area contributed by atoms with Crippen molar-refractivity contribution in [2.45, 2.75) is 0 Å². The highest BCUT2D eigenvalue weighted by Gasteiger charge is 2.09. The van der Waals surface area contributed by atoms with Gasteiger partial charge in [-0.1, -0.05) is 0 Å². The molecule has 0 saturated heterocycles. The summed E-state index contributed by atoms with van der Waals surface area (Å²) in [6, 6.07) is 10.9. The zero-order valence-electron chi connectivity index (χ0n) is 11.9. The maximum Gasteiger partial charge on any atom is 0.322 e. The number of methoxy groups -OCH3 is 1. The maximum absolute atomic E-state index is 5.77. The van der Waals surface area contributed by atoms with Crippen LogP contribution in [-0.4, -0.2) is 22.1 Å². The van der Waals surface area contributed by atoms with E-state index in [-0.39, 0.29) is 6.01 Å². The van der Waals surface area contributed by atoms with Crippen molar-refractivity contribution < 1.29 is 9.47 Å². The third-order valence-corrected chi connectivity index (χ3v) is 2.98. The first-order valence-corrected chi connectivity index (χ1v) is 6.61. The Morgan fingerprint density at radius 2 is 1.95 bits per heavy atom. The Morgan fingerprint density at radius 3 is 2.73 bits per heavy atom. The van der Waals surface area contributed by atoms with E-state index in [4.69, 9.17) is 15.2 Å². The Kier molecular flexibility index (Phi) is 3.82. The highest BCUT2D eigenvalue weighted by Crippen LogP contribution is 2.32. The maximum atomic E-state index is 5.77. The van der Waals surface area contributed by atoms with Crippen LogP contribution in [0.25, 0.3) is 11.3 Å². The Morgan fingerprint density at radius 1 is 1.05 bits per heavy atom. The fourth-order valence-electron chi connectivity index (χ4n) is 1.94. The number of anilines is 1. The van der Waals surface area contributed by atoms with Gasteiger partial charge < -0.3 is 15.2 Å². The SMILES string of the molecule is COc1ccc(N)cc1Oc1nccc(-c2cccnc2)n1. The molecule has 0 saturated carbocycles. The van der Waals surface area contributed by atoms with Crippen molar-refractivity contribution in [2.75, 3.05) is 12.8 Å². The van der Waals surface area contributed by atoms with Crippen molar-refractivity contribution in [3.63, 3.8) is 0 Å². The summed E-state index contributed by atoms with van der Waals surface area (Å²) in [5.41, 5.74) is 7.95. The number of nitrogens with zero attached hydrogens (tertiary/aromatic N) is 3. The molecular weight excluding hydrogens is 280 g/mol. The molecule has 0 radical (unpaired) electrons. The molecule has 3 aromatic rings. The van der Waals surface area contributed by atoms with Gasteiger partial charge in [0, 0.05) is 35.9 Å². The van der Waals surface area contributed by atoms with Gasteiger partial charge in [0.1, 0.15) is 0 Å². The molecule has 1 aromatic carbocycles. The first-order valence-electron chi connectivity index (χ1n) is 6.61. The molecule has 0 bridgehead atoms. The Bertz CT molecular complexity index is 778. The molecule has 0 fully saturated rings. The fourth-order valence-corrected chi connectivity index (χ4v) is 1.94. The Balaban J connectivity index is 1.92. The van der Waals surface area contributed by atoms with E-state index >= 15 is 0 Å². The molecule has 0 aliphatic carbocycles. The summed E-state index contributed by atoms with van der Waals surface area (Å²) in [6.45, 7) is 0. The van der Waals surface area contributed by atoms with E-state index in [9.17, 15) is 0 Å². The highest BCUT2D eigenvalue weighted by molar-refractivity contribution is 5.57. The lowest BCUT2D eigenvalue weighted by atomic mass is 10.2. The molecule has 0 spiro atoms. The zero-order valence-corrected chi connectivity index (χ0v) is 11.9. The van der Waals surface area contributed by atoms with E-state index in [1.165, 1.54) is 0 Å². The first kappa shape index (κ1) is 13.8. The van der Waals surface area contributed by atoms with Crippen LogP contribution in [-0.2, 0) is 0 Å². The van der Waals surface area contributed by atoms with Crippen molar-refractivity contribution in [1.29, 1.82) is 0 Å². The lowest BCUT2D eigenvalue weighted by Crippen LogP contribution is -1.97. The van der Waals surface area contributed by atoms with Crippen molar-refractivity contribution in [1.82, 2.24) is 15.0 Å². The zero-order chi connectivity index (χ0) is 15.4. The van der Waals surface area contributed by atoms with E-state index in [1.807, 2.05) is 12.1 Å². The van der Waals surface area contributed by atoms with Gasteiger partial charge in [-0.15, -0.1) is 0 Å². The van der Waals surface area contributed by atoms with Crippen LogP contribution >= 0.6 is 0 Å². The van der Waals surface area contributed by atoms with Gasteiger partial charge in [-0.2, -0.15) is 4.98 Å². The minimum absolute atomic E-state index is 0.213. The number of pyridine rings is 1. The molecule has 6 heteroatoms. The molecule has 2 heterocycles. The van der Waals surface area contributed by atoms with Gasteiger partial charge in [0.05, 0.1) is 12.8 Å². The number of ether oxygens (including phenoxy) is 2. The Labute approximate surface area is 127 Å². The average molecular weight is 294 g/mol. The summed E-state index contributed by atoms with van der Waals surface area (Å²) in [4.78, 5) is 12.6. The van der Waals surface area contributed by atoms with Gasteiger partial charge >= 0.3 is 6.01 Å². The van der Waals surface area contributed by atoms with Gasteiger partial charge in [-0.05, 0) is 30.3 Å². The molecule has 0 aliphatic rings. The van der Waals surface area contributed by atoms with E-state index in [0.29, 0.717) is 17.2 Å². The minimum atomic E-state index is 0.213. The van der Waals surface area contributed by atoms with Crippen LogP contribution in [0, 0.1) is 0 Å². The summed E-state index contributed by atoms with van der Waals surface area (Å²) in [5.74, 6) is 1.02. The van der Waals surface area contributed by atoms with Crippen LogP contribution in [0.4, 0.5) is 5.69 Å². The van der Waals surface area contributed by atoms with Crippen molar-refractivity contribution in [2.24, 2.45) is 0 Å². The average Bonchev–Trinajstić information content (AvgIpc) is 2.56. The van der Waals surface area contributed by atoms with Gasteiger partial charge in [-0.25, -0.2) is 4.98 Å². The number of hydrogen-bond acceptors (Lipinski definition) is 6. The van der Waals surface area contributed by atoms with Gasteiger partial charge in [-0.3, -0.25) is 4.98 Å². The van der Waals surface area contributed by atoms with E-state index < -0.39 is 0 Å². The number of hydrogen-bond donors (Lipinski definition) is 1. The van der Waals surface area contributed by atoms with Gasteiger partial charge in [0.2, 0.25) is 0 Å². The summed E-state index contributed by atoms with van der Waals surface area (Å²) >= 11 is 0. The van der Waals surface area contributed by atoms with Gasteiger partial charge in [0.25, 0.3) is 0 Å². The first-order chi connectivity index (χ1) is 10.8. The molecule has 0 unspecified atom stereocenters. The highest BCUT2D eigenvalue weighted by atomic mass is 16.5. The molecule has 2 aromatic heterocycles. The van der Waals surface area contributed by atoms with Crippen LogP contribution < -0.4 is 15.2 Å². The minimum Gasteiger partial charge on any atom is -0.493 e. The van der Waals surface area contributed by atoms with Crippen LogP contribution in [0.15, 0.2) is 55.0 Å². The number of aromatic nitrogens is 3. The van der Waals surface area contributed by atoms with E-state index in [1.54, 1.807) is 50.0 Å². The molecule has 0 aliphatic heterocycles. The molecule has 6 nitrogen and oxygen atoms in total. The molecule has 0 atom stereocenters. The van der Waals surface area contributed by atoms with Crippen LogP contribution in [0.3, 0.4) is 0 Å². The van der Waals surface area contributed by atoms with Gasteiger partial charge in [0.15, 0.2) is 11.5 Å². The largest absolute Gasteiger partial charge is 0.493 e. The predicted molar refractivity (Wildman–Crippen MR) is 82.7 cm³/mol. The third-order valence-electron chi connectivity index (χ3n) is 2.98. The monoisotopic (exact) mass is 294 g/mol. The molecule has 110 valence electrons. The number of nitrogens with two attached hydrogens (primary N) is 1. The summed E-state index contributed by atoms with van der Waals surface area (Å²) in [6.07, 6.45) is 5.07. The smallest absolute Gasteiger partial charge is 0.322 e. The quantitative estimate of drug-likeness (QED) is 0.745. The molecule has 22 heavy (non-hydrogen) atoms. The molecule has 3 rings (SSSR count). The second-order valence-corrected chi connectivity index (χ2v) is 4.48. The lowest BCUT2D eigenvalue weighted by Gasteiger charge is -2.10. The summed E-state index contributed by atoms with van der Waals surface area (Å²) in [7, 11) is 1.56. The second-order valence-electron chi connectivity index (χ2n) is 4.48. The van der Waals surface area contributed by atoms with Crippen LogP contribution in [0.5, 0.6) is 17.5 Å². The van der Waals surface area contributed by atoms with Crippen molar-refractivity contribution in [3.05, 3.63) is 55.0 Å². The third kappa shape index (κ3) is 2.95.